The summed E-state index contributed by atoms with van der Waals surface area (Å²) < 4.78 is 26.6. The van der Waals surface area contributed by atoms with Crippen LogP contribution in [-0.2, 0) is 13.8 Å². The van der Waals surface area contributed by atoms with Crippen LogP contribution >= 0.6 is 45.2 Å². The number of rotatable bonds is 2. The molecule has 0 unspecified atom stereocenters. The van der Waals surface area contributed by atoms with Gasteiger partial charge in [-0.15, -0.1) is 11.3 Å². The molecule has 1 aromatic rings. The molecule has 0 aliphatic heterocycles. The molecule has 0 spiro atoms. The molecule has 0 aliphatic carbocycles. The molecule has 0 fully saturated rings. The average molecular weight is 310 g/mol. The Kier molecular flexibility index (Phi) is 3.89. The maximum absolute atomic E-state index is 11.2. The van der Waals surface area contributed by atoms with E-state index in [1.54, 1.807) is 0 Å². The summed E-state index contributed by atoms with van der Waals surface area (Å²) in [6.45, 7) is 0. The highest BCUT2D eigenvalue weighted by molar-refractivity contribution is 8.14. The Morgan fingerprint density at radius 3 is 2.33 bits per heavy atom. The SMILES string of the molecule is COC(=O)c1sc(Cl)c(Cl)c1S(=O)(=O)Cl. The Balaban J connectivity index is 3.55. The number of methoxy groups -OCH3 is 1. The third-order valence-electron chi connectivity index (χ3n) is 1.38. The molecule has 0 amide bonds. The molecule has 1 heterocycles. The molecule has 0 N–H and O–H groups in total. The Morgan fingerprint density at radius 2 is 1.93 bits per heavy atom. The standard InChI is InChI=1S/C6H3Cl3O4S2/c1-13-6(10)3-4(15(9,11)12)2(7)5(8)14-3/h1H3. The molecule has 4 nitrogen and oxygen atoms in total. The lowest BCUT2D eigenvalue weighted by Crippen LogP contribution is -2.03. The van der Waals surface area contributed by atoms with E-state index < -0.39 is 19.9 Å². The lowest BCUT2D eigenvalue weighted by molar-refractivity contribution is 0.0602. The summed E-state index contributed by atoms with van der Waals surface area (Å²) in [7, 11) is 2.08. The van der Waals surface area contributed by atoms with Crippen LogP contribution in [0.2, 0.25) is 9.36 Å². The number of hydrogen-bond donors (Lipinski definition) is 0. The maximum Gasteiger partial charge on any atom is 0.349 e. The van der Waals surface area contributed by atoms with Crippen LogP contribution in [0.5, 0.6) is 0 Å². The summed E-state index contributed by atoms with van der Waals surface area (Å²) in [6, 6.07) is 0. The molecular formula is C6H3Cl3O4S2. The lowest BCUT2D eigenvalue weighted by atomic mass is 10.5. The van der Waals surface area contributed by atoms with Crippen molar-refractivity contribution in [3.05, 3.63) is 14.2 Å². The zero-order valence-corrected chi connectivity index (χ0v) is 11.0. The molecule has 15 heavy (non-hydrogen) atoms. The number of carbonyl (C=O) groups is 1. The minimum atomic E-state index is -4.13. The van der Waals surface area contributed by atoms with Gasteiger partial charge in [-0.1, -0.05) is 23.2 Å². The number of thiophene rings is 1. The zero-order chi connectivity index (χ0) is 11.8. The molecule has 1 aromatic heterocycles. The lowest BCUT2D eigenvalue weighted by Gasteiger charge is -1.98. The highest BCUT2D eigenvalue weighted by atomic mass is 35.7. The van der Waals surface area contributed by atoms with Gasteiger partial charge in [-0.2, -0.15) is 0 Å². The fourth-order valence-electron chi connectivity index (χ4n) is 0.815. The topological polar surface area (TPSA) is 60.4 Å². The van der Waals surface area contributed by atoms with Crippen molar-refractivity contribution in [3.8, 4) is 0 Å². The van der Waals surface area contributed by atoms with Crippen molar-refractivity contribution in [1.29, 1.82) is 0 Å². The van der Waals surface area contributed by atoms with Crippen molar-refractivity contribution < 1.29 is 17.9 Å². The van der Waals surface area contributed by atoms with E-state index >= 15 is 0 Å². The number of hydrogen-bond acceptors (Lipinski definition) is 5. The number of halogens is 3. The smallest absolute Gasteiger partial charge is 0.349 e. The fourth-order valence-corrected chi connectivity index (χ4v) is 4.36. The molecule has 0 radical (unpaired) electrons. The van der Waals surface area contributed by atoms with Gasteiger partial charge in [0, 0.05) is 10.7 Å². The zero-order valence-electron chi connectivity index (χ0n) is 7.08. The van der Waals surface area contributed by atoms with Crippen LogP contribution in [0.15, 0.2) is 4.90 Å². The molecule has 0 aliphatic rings. The largest absolute Gasteiger partial charge is 0.465 e. The first kappa shape index (κ1) is 13.1. The van der Waals surface area contributed by atoms with Crippen molar-refractivity contribution in [2.24, 2.45) is 0 Å². The first-order valence-corrected chi connectivity index (χ1v) is 7.18. The maximum atomic E-state index is 11.2. The van der Waals surface area contributed by atoms with Crippen LogP contribution < -0.4 is 0 Å². The highest BCUT2D eigenvalue weighted by Crippen LogP contribution is 2.41. The molecular weight excluding hydrogens is 307 g/mol. The Morgan fingerprint density at radius 1 is 1.40 bits per heavy atom. The molecule has 9 heteroatoms. The fraction of sp³-hybridized carbons (Fsp3) is 0.167. The van der Waals surface area contributed by atoms with Crippen LogP contribution in [-0.4, -0.2) is 21.5 Å². The molecule has 0 saturated carbocycles. The summed E-state index contributed by atoms with van der Waals surface area (Å²) in [4.78, 5) is 10.5. The van der Waals surface area contributed by atoms with Gasteiger partial charge >= 0.3 is 5.97 Å². The second-order valence-corrected chi connectivity index (χ2v) is 6.78. The second kappa shape index (κ2) is 4.47. The third kappa shape index (κ3) is 2.57. The van der Waals surface area contributed by atoms with Gasteiger partial charge in [0.2, 0.25) is 0 Å². The van der Waals surface area contributed by atoms with Crippen molar-refractivity contribution in [3.63, 3.8) is 0 Å². The summed E-state index contributed by atoms with van der Waals surface area (Å²) in [5, 5.41) is -0.267. The summed E-state index contributed by atoms with van der Waals surface area (Å²) in [6.07, 6.45) is 0. The van der Waals surface area contributed by atoms with Crippen molar-refractivity contribution >= 4 is 60.2 Å². The third-order valence-corrected chi connectivity index (χ3v) is 4.95. The van der Waals surface area contributed by atoms with Crippen LogP contribution in [0, 0.1) is 0 Å². The Labute approximate surface area is 104 Å². The van der Waals surface area contributed by atoms with Crippen molar-refractivity contribution in [2.75, 3.05) is 7.11 Å². The highest BCUT2D eigenvalue weighted by Gasteiger charge is 2.29. The molecule has 0 atom stereocenters. The Bertz CT molecular complexity index is 505. The van der Waals surface area contributed by atoms with Gasteiger partial charge in [-0.3, -0.25) is 0 Å². The first-order valence-electron chi connectivity index (χ1n) is 3.29. The molecule has 84 valence electrons. The van der Waals surface area contributed by atoms with Gasteiger partial charge < -0.3 is 4.74 Å². The van der Waals surface area contributed by atoms with E-state index in [-0.39, 0.29) is 14.2 Å². The minimum absolute atomic E-state index is 0.0312. The molecule has 0 bridgehead atoms. The van der Waals surface area contributed by atoms with Gasteiger partial charge in [0.15, 0.2) is 0 Å². The van der Waals surface area contributed by atoms with Crippen molar-refractivity contribution in [1.82, 2.24) is 0 Å². The van der Waals surface area contributed by atoms with E-state index in [1.807, 2.05) is 0 Å². The van der Waals surface area contributed by atoms with Crippen molar-refractivity contribution in [2.45, 2.75) is 4.90 Å². The number of carbonyl (C=O) groups excluding carboxylic acids is 1. The first-order chi connectivity index (χ1) is 6.79. The van der Waals surface area contributed by atoms with Crippen LogP contribution in [0.3, 0.4) is 0 Å². The van der Waals surface area contributed by atoms with Gasteiger partial charge in [0.25, 0.3) is 9.05 Å². The van der Waals surface area contributed by atoms with Crippen LogP contribution in [0.1, 0.15) is 9.67 Å². The quantitative estimate of drug-likeness (QED) is 0.622. The second-order valence-electron chi connectivity index (χ2n) is 2.28. The number of ether oxygens (including phenoxy) is 1. The molecule has 0 aromatic carbocycles. The molecule has 0 saturated heterocycles. The predicted octanol–water partition coefficient (Wildman–Crippen LogP) is 2.77. The summed E-state index contributed by atoms with van der Waals surface area (Å²) >= 11 is 11.9. The summed E-state index contributed by atoms with van der Waals surface area (Å²) in [5.74, 6) is -0.854. The Hall–Kier alpha value is -0.0100. The van der Waals surface area contributed by atoms with Gasteiger partial charge in [0.05, 0.1) is 12.1 Å². The average Bonchev–Trinajstić information content (AvgIpc) is 2.41. The monoisotopic (exact) mass is 308 g/mol. The normalized spacial score (nSPS) is 11.5. The minimum Gasteiger partial charge on any atom is -0.465 e. The van der Waals surface area contributed by atoms with E-state index in [4.69, 9.17) is 33.9 Å². The van der Waals surface area contributed by atoms with E-state index in [1.165, 1.54) is 0 Å². The number of esters is 1. The van der Waals surface area contributed by atoms with Crippen LogP contribution in [0.4, 0.5) is 0 Å². The van der Waals surface area contributed by atoms with E-state index in [2.05, 4.69) is 4.74 Å². The van der Waals surface area contributed by atoms with Gasteiger partial charge in [0.1, 0.15) is 14.1 Å². The van der Waals surface area contributed by atoms with E-state index in [0.29, 0.717) is 11.3 Å². The summed E-state index contributed by atoms with van der Waals surface area (Å²) in [5.41, 5.74) is 0. The predicted molar refractivity (Wildman–Crippen MR) is 58.7 cm³/mol. The van der Waals surface area contributed by atoms with Gasteiger partial charge in [-0.05, 0) is 0 Å². The molecule has 1 rings (SSSR count). The van der Waals surface area contributed by atoms with E-state index in [0.717, 1.165) is 7.11 Å². The van der Waals surface area contributed by atoms with Crippen LogP contribution in [0.25, 0.3) is 0 Å². The van der Waals surface area contributed by atoms with E-state index in [9.17, 15) is 13.2 Å². The van der Waals surface area contributed by atoms with Gasteiger partial charge in [-0.25, -0.2) is 13.2 Å².